The highest BCUT2D eigenvalue weighted by molar-refractivity contribution is 6.35. The van der Waals surface area contributed by atoms with Crippen LogP contribution in [0.3, 0.4) is 0 Å². The van der Waals surface area contributed by atoms with E-state index in [0.29, 0.717) is 27.3 Å². The number of nitrogens with one attached hydrogen (secondary N) is 1. The van der Waals surface area contributed by atoms with Gasteiger partial charge in [-0.05, 0) is 38.0 Å². The number of fused-ring (bicyclic) bond motifs is 1. The number of H-pyrrole nitrogens is 1. The van der Waals surface area contributed by atoms with Gasteiger partial charge in [-0.25, -0.2) is 14.8 Å². The molecule has 3 aromatic heterocycles. The van der Waals surface area contributed by atoms with Gasteiger partial charge in [0, 0.05) is 72.9 Å². The summed E-state index contributed by atoms with van der Waals surface area (Å²) in [4.78, 5) is 29.0. The van der Waals surface area contributed by atoms with E-state index in [0.717, 1.165) is 61.2 Å². The Kier molecular flexibility index (Phi) is 6.68. The molecule has 12 heteroatoms. The Morgan fingerprint density at radius 3 is 2.44 bits per heavy atom. The molecule has 0 radical (unpaired) electrons. The number of nitrogens with zero attached hydrogens (tertiary/aromatic N) is 6. The number of pyridine rings is 1. The van der Waals surface area contributed by atoms with Gasteiger partial charge < -0.3 is 19.3 Å². The largest absolute Gasteiger partial charge is 0.486 e. The van der Waals surface area contributed by atoms with Gasteiger partial charge in [0.1, 0.15) is 17.5 Å². The lowest BCUT2D eigenvalue weighted by Crippen LogP contribution is -2.61. The van der Waals surface area contributed by atoms with Crippen molar-refractivity contribution in [1.82, 2.24) is 30.0 Å². The fraction of sp³-hybridized carbons (Fsp3) is 0.370. The highest BCUT2D eigenvalue weighted by Gasteiger charge is 2.46. The van der Waals surface area contributed by atoms with E-state index in [1.165, 1.54) is 7.11 Å². The molecule has 0 aliphatic carbocycles. The second kappa shape index (κ2) is 10.2. The molecular weight excluding hydrogens is 541 g/mol. The van der Waals surface area contributed by atoms with Gasteiger partial charge >= 0.3 is 6.09 Å². The number of piperidine rings is 1. The summed E-state index contributed by atoms with van der Waals surface area (Å²) in [5.74, 6) is 1.35. The maximum absolute atomic E-state index is 11.8. The normalized spacial score (nSPS) is 17.2. The van der Waals surface area contributed by atoms with Crippen molar-refractivity contribution in [1.29, 1.82) is 0 Å². The first-order valence-electron chi connectivity index (χ1n) is 12.7. The summed E-state index contributed by atoms with van der Waals surface area (Å²) in [6, 6.07) is 5.73. The van der Waals surface area contributed by atoms with E-state index in [4.69, 9.17) is 32.7 Å². The number of rotatable bonds is 5. The van der Waals surface area contributed by atoms with Gasteiger partial charge in [-0.2, -0.15) is 5.10 Å². The Hall–Kier alpha value is -3.63. The van der Waals surface area contributed by atoms with Crippen molar-refractivity contribution in [3.05, 3.63) is 58.6 Å². The molecule has 2 aliphatic heterocycles. The quantitative estimate of drug-likeness (QED) is 0.335. The number of hydrogen-bond donors (Lipinski definition) is 1. The van der Waals surface area contributed by atoms with E-state index in [1.807, 2.05) is 25.1 Å². The zero-order valence-electron chi connectivity index (χ0n) is 21.5. The first-order chi connectivity index (χ1) is 18.9. The molecule has 2 saturated heterocycles. The van der Waals surface area contributed by atoms with Crippen LogP contribution in [0.15, 0.2) is 43.0 Å². The summed E-state index contributed by atoms with van der Waals surface area (Å²) in [6.07, 6.45) is 7.99. The number of aromatic nitrogens is 5. The molecule has 2 aliphatic rings. The summed E-state index contributed by atoms with van der Waals surface area (Å²) in [7, 11) is 1.43. The van der Waals surface area contributed by atoms with Crippen molar-refractivity contribution in [3.8, 4) is 17.0 Å². The molecule has 1 aromatic carbocycles. The minimum atomic E-state index is -0.379. The molecule has 1 spiro atoms. The van der Waals surface area contributed by atoms with Crippen molar-refractivity contribution >= 4 is 46.1 Å². The van der Waals surface area contributed by atoms with Crippen LogP contribution in [0, 0.1) is 5.41 Å². The Morgan fingerprint density at radius 1 is 1.08 bits per heavy atom. The number of carbonyl (C=O) groups excluding carboxylic acids is 1. The van der Waals surface area contributed by atoms with Crippen LogP contribution in [-0.4, -0.2) is 69.4 Å². The molecule has 0 saturated carbocycles. The van der Waals surface area contributed by atoms with E-state index >= 15 is 0 Å². The van der Waals surface area contributed by atoms with Crippen LogP contribution in [0.4, 0.5) is 10.7 Å². The summed E-state index contributed by atoms with van der Waals surface area (Å²) >= 11 is 12.6. The van der Waals surface area contributed by atoms with Gasteiger partial charge in [-0.15, -0.1) is 0 Å². The van der Waals surface area contributed by atoms with Crippen LogP contribution in [0.1, 0.15) is 31.4 Å². The smallest absolute Gasteiger partial charge is 0.409 e. The first-order valence-corrected chi connectivity index (χ1v) is 13.5. The molecule has 10 nitrogen and oxygen atoms in total. The highest BCUT2D eigenvalue weighted by Crippen LogP contribution is 2.42. The van der Waals surface area contributed by atoms with Crippen molar-refractivity contribution < 1.29 is 14.3 Å². The molecular formula is C27H27Cl2N7O3. The van der Waals surface area contributed by atoms with Gasteiger partial charge in [0.15, 0.2) is 0 Å². The van der Waals surface area contributed by atoms with Gasteiger partial charge in [-0.1, -0.05) is 23.2 Å². The number of methoxy groups -OCH3 is 1. The summed E-state index contributed by atoms with van der Waals surface area (Å²) in [5.41, 5.74) is 3.31. The number of benzene rings is 1. The molecule has 4 aromatic rings. The minimum absolute atomic E-state index is 0.212. The number of hydrogen-bond acceptors (Lipinski definition) is 8. The van der Waals surface area contributed by atoms with E-state index in [-0.39, 0.29) is 17.6 Å². The lowest BCUT2D eigenvalue weighted by atomic mass is 9.72. The Bertz CT molecular complexity index is 1490. The number of amides is 1. The van der Waals surface area contributed by atoms with Crippen LogP contribution in [0.2, 0.25) is 10.0 Å². The lowest BCUT2D eigenvalue weighted by Gasteiger charge is -2.53. The average Bonchev–Trinajstić information content (AvgIpc) is 3.34. The predicted molar refractivity (Wildman–Crippen MR) is 148 cm³/mol. The molecule has 0 unspecified atom stereocenters. The van der Waals surface area contributed by atoms with Crippen LogP contribution < -0.4 is 9.64 Å². The standard InChI is InChI=1S/C27H27Cl2N7O3/c1-16(23-20(28)12-30-13-21(23)29)39-18-3-4-22-19(9-18)24(34-33-22)17-10-31-25(32-11-17)36-14-27(15-36)5-7-35(8-6-27)26(37)38-2/h3-4,9-13,16H,5-8,14-15H2,1-2H3,(H,33,34)/t16-/m1/s1. The average molecular weight is 568 g/mol. The minimum Gasteiger partial charge on any atom is -0.486 e. The second-order valence-electron chi connectivity index (χ2n) is 10.1. The zero-order chi connectivity index (χ0) is 27.1. The van der Waals surface area contributed by atoms with Gasteiger partial charge in [0.25, 0.3) is 0 Å². The SMILES string of the molecule is COC(=O)N1CCC2(CC1)CN(c1ncc(-c3n[nH]c4ccc(O[C@H](C)c5c(Cl)cncc5Cl)cc34)cn1)C2. The van der Waals surface area contributed by atoms with Crippen LogP contribution in [0.5, 0.6) is 5.75 Å². The van der Waals surface area contributed by atoms with Crippen molar-refractivity contribution in [2.24, 2.45) is 5.41 Å². The van der Waals surface area contributed by atoms with E-state index in [1.54, 1.807) is 29.7 Å². The van der Waals surface area contributed by atoms with E-state index < -0.39 is 0 Å². The zero-order valence-corrected chi connectivity index (χ0v) is 23.0. The second-order valence-corrected chi connectivity index (χ2v) is 11.0. The fourth-order valence-electron chi connectivity index (χ4n) is 5.48. The molecule has 2 fully saturated rings. The Balaban J connectivity index is 1.14. The van der Waals surface area contributed by atoms with E-state index in [2.05, 4.69) is 30.0 Å². The number of halogens is 2. The molecule has 5 heterocycles. The molecule has 1 N–H and O–H groups in total. The van der Waals surface area contributed by atoms with E-state index in [9.17, 15) is 4.79 Å². The maximum atomic E-state index is 11.8. The molecule has 1 atom stereocenters. The third kappa shape index (κ3) is 4.83. The first kappa shape index (κ1) is 25.6. The number of anilines is 1. The summed E-state index contributed by atoms with van der Waals surface area (Å²) in [6.45, 7) is 5.11. The van der Waals surface area contributed by atoms with Gasteiger partial charge in [0.2, 0.25) is 5.95 Å². The number of ether oxygens (including phenoxy) is 2. The number of aromatic amines is 1. The van der Waals surface area contributed by atoms with Crippen molar-refractivity contribution in [2.45, 2.75) is 25.9 Å². The maximum Gasteiger partial charge on any atom is 0.409 e. The highest BCUT2D eigenvalue weighted by atomic mass is 35.5. The van der Waals surface area contributed by atoms with Gasteiger partial charge in [0.05, 0.1) is 22.7 Å². The Morgan fingerprint density at radius 2 is 1.77 bits per heavy atom. The Labute approximate surface area is 235 Å². The summed E-state index contributed by atoms with van der Waals surface area (Å²) < 4.78 is 11.0. The van der Waals surface area contributed by atoms with Crippen molar-refractivity contribution in [2.75, 3.05) is 38.2 Å². The molecule has 6 rings (SSSR count). The number of carbonyl (C=O) groups is 1. The lowest BCUT2D eigenvalue weighted by molar-refractivity contribution is 0.0618. The number of likely N-dealkylation sites (tertiary alicyclic amines) is 1. The topological polar surface area (TPSA) is 109 Å². The predicted octanol–water partition coefficient (Wildman–Crippen LogP) is 5.53. The monoisotopic (exact) mass is 567 g/mol. The summed E-state index contributed by atoms with van der Waals surface area (Å²) in [5, 5.41) is 9.39. The van der Waals surface area contributed by atoms with Crippen LogP contribution in [0.25, 0.3) is 22.2 Å². The van der Waals surface area contributed by atoms with Crippen LogP contribution in [-0.2, 0) is 4.74 Å². The third-order valence-electron chi connectivity index (χ3n) is 7.65. The molecule has 39 heavy (non-hydrogen) atoms. The molecule has 202 valence electrons. The molecule has 0 bridgehead atoms. The third-order valence-corrected chi connectivity index (χ3v) is 8.25. The van der Waals surface area contributed by atoms with Crippen molar-refractivity contribution in [3.63, 3.8) is 0 Å². The molecule has 1 amide bonds. The van der Waals surface area contributed by atoms with Gasteiger partial charge in [-0.3, -0.25) is 10.1 Å². The van der Waals surface area contributed by atoms with Crippen LogP contribution >= 0.6 is 23.2 Å². The fourth-order valence-corrected chi connectivity index (χ4v) is 6.15.